The largest absolute Gasteiger partial charge is 0.495 e. The molecule has 1 N–H and O–H groups in total. The fourth-order valence-electron chi connectivity index (χ4n) is 3.00. The van der Waals surface area contributed by atoms with Gasteiger partial charge in [0.15, 0.2) is 9.84 Å². The van der Waals surface area contributed by atoms with Crippen molar-refractivity contribution in [2.24, 2.45) is 0 Å². The van der Waals surface area contributed by atoms with Crippen LogP contribution in [0, 0.1) is 0 Å². The number of benzene rings is 2. The highest BCUT2D eigenvalue weighted by atomic mass is 35.5. The molecular weight excluding hydrogens is 418 g/mol. The van der Waals surface area contributed by atoms with Gasteiger partial charge in [0.1, 0.15) is 5.75 Å². The van der Waals surface area contributed by atoms with E-state index in [1.807, 2.05) is 0 Å². The first-order valence-electron chi connectivity index (χ1n) is 8.74. The van der Waals surface area contributed by atoms with Crippen LogP contribution in [0.1, 0.15) is 16.8 Å². The van der Waals surface area contributed by atoms with Crippen LogP contribution in [0.15, 0.2) is 47.4 Å². The number of anilines is 1. The summed E-state index contributed by atoms with van der Waals surface area (Å²) in [5.41, 5.74) is 0.566. The summed E-state index contributed by atoms with van der Waals surface area (Å²) in [6, 6.07) is 10.1. The zero-order valence-corrected chi connectivity index (χ0v) is 17.5. The summed E-state index contributed by atoms with van der Waals surface area (Å²) in [6.07, 6.45) is 1.67. The highest BCUT2D eigenvalue weighted by Crippen LogP contribution is 2.28. The Morgan fingerprint density at radius 1 is 1.10 bits per heavy atom. The van der Waals surface area contributed by atoms with Crippen LogP contribution in [0.2, 0.25) is 5.02 Å². The number of ether oxygens (including phenoxy) is 1. The van der Waals surface area contributed by atoms with Crippen LogP contribution in [0.4, 0.5) is 10.5 Å². The third-order valence-corrected chi connectivity index (χ3v) is 5.76. The highest BCUT2D eigenvalue weighted by molar-refractivity contribution is 7.90. The summed E-state index contributed by atoms with van der Waals surface area (Å²) >= 11 is 5.99. The van der Waals surface area contributed by atoms with Crippen molar-refractivity contribution in [3.63, 3.8) is 0 Å². The van der Waals surface area contributed by atoms with Crippen molar-refractivity contribution in [2.45, 2.75) is 11.3 Å². The second-order valence-corrected chi connectivity index (χ2v) is 8.93. The molecule has 1 heterocycles. The molecule has 1 aliphatic heterocycles. The number of halogens is 1. The van der Waals surface area contributed by atoms with Crippen LogP contribution in [0.3, 0.4) is 0 Å². The molecular formula is C19H20ClN3O5S. The van der Waals surface area contributed by atoms with Crippen molar-refractivity contribution >= 4 is 39.1 Å². The van der Waals surface area contributed by atoms with Crippen molar-refractivity contribution in [3.05, 3.63) is 53.1 Å². The Morgan fingerprint density at radius 2 is 1.83 bits per heavy atom. The molecule has 3 amide bonds. The van der Waals surface area contributed by atoms with Crippen molar-refractivity contribution in [1.82, 2.24) is 10.0 Å². The average Bonchev–Trinajstić information content (AvgIpc) is 3.17. The molecule has 10 heteroatoms. The molecule has 29 heavy (non-hydrogen) atoms. The van der Waals surface area contributed by atoms with Crippen molar-refractivity contribution in [2.75, 3.05) is 31.8 Å². The Kier molecular flexibility index (Phi) is 5.99. The number of carbonyl (C=O) groups is 2. The van der Waals surface area contributed by atoms with Crippen molar-refractivity contribution in [3.8, 4) is 5.75 Å². The van der Waals surface area contributed by atoms with E-state index in [9.17, 15) is 18.0 Å². The molecule has 2 aromatic rings. The number of methoxy groups -OCH3 is 1. The second kappa shape index (κ2) is 8.30. The third-order valence-electron chi connectivity index (χ3n) is 4.41. The Balaban J connectivity index is 1.82. The molecule has 8 nitrogen and oxygen atoms in total. The quantitative estimate of drug-likeness (QED) is 0.793. The zero-order valence-electron chi connectivity index (χ0n) is 15.9. The van der Waals surface area contributed by atoms with Gasteiger partial charge in [-0.15, -0.1) is 0 Å². The summed E-state index contributed by atoms with van der Waals surface area (Å²) in [5.74, 6) is -0.0260. The minimum absolute atomic E-state index is 0.0437. The van der Waals surface area contributed by atoms with Gasteiger partial charge in [-0.25, -0.2) is 23.2 Å². The molecule has 0 saturated carbocycles. The van der Waals surface area contributed by atoms with Crippen molar-refractivity contribution < 1.29 is 22.7 Å². The maximum atomic E-state index is 12.9. The minimum atomic E-state index is -3.45. The molecule has 154 valence electrons. The molecule has 0 aliphatic carbocycles. The molecule has 1 aliphatic rings. The van der Waals surface area contributed by atoms with Crippen LogP contribution in [0.25, 0.3) is 0 Å². The molecule has 0 aromatic heterocycles. The summed E-state index contributed by atoms with van der Waals surface area (Å²) in [5, 5.41) is 5.71. The maximum Gasteiger partial charge on any atom is 0.340 e. The predicted octanol–water partition coefficient (Wildman–Crippen LogP) is 3.05. The number of amides is 3. The molecule has 1 fully saturated rings. The zero-order chi connectivity index (χ0) is 21.2. The fourth-order valence-corrected chi connectivity index (χ4v) is 3.84. The van der Waals surface area contributed by atoms with Gasteiger partial charge in [-0.2, -0.15) is 0 Å². The lowest BCUT2D eigenvalue weighted by Crippen LogP contribution is -2.46. The van der Waals surface area contributed by atoms with E-state index in [1.165, 1.54) is 41.4 Å². The van der Waals surface area contributed by atoms with Gasteiger partial charge in [-0.05, 0) is 42.8 Å². The summed E-state index contributed by atoms with van der Waals surface area (Å²) in [4.78, 5) is 25.8. The summed E-state index contributed by atoms with van der Waals surface area (Å²) in [7, 11) is -1.98. The van der Waals surface area contributed by atoms with Crippen LogP contribution in [-0.4, -0.2) is 56.8 Å². The number of hydrogen-bond donors (Lipinski definition) is 1. The molecule has 0 radical (unpaired) electrons. The fraction of sp³-hybridized carbons (Fsp3) is 0.263. The molecule has 2 aromatic carbocycles. The lowest BCUT2D eigenvalue weighted by Gasteiger charge is -2.28. The number of sulfone groups is 1. The molecule has 0 bridgehead atoms. The van der Waals surface area contributed by atoms with Crippen LogP contribution in [0.5, 0.6) is 5.75 Å². The summed E-state index contributed by atoms with van der Waals surface area (Å²) < 4.78 is 28.8. The Morgan fingerprint density at radius 3 is 2.52 bits per heavy atom. The number of hydrogen-bond acceptors (Lipinski definition) is 5. The van der Waals surface area contributed by atoms with Gasteiger partial charge in [0.25, 0.3) is 5.91 Å². The second-order valence-electron chi connectivity index (χ2n) is 6.48. The van der Waals surface area contributed by atoms with E-state index in [0.717, 1.165) is 6.26 Å². The van der Waals surface area contributed by atoms with E-state index in [-0.39, 0.29) is 10.5 Å². The van der Waals surface area contributed by atoms with Crippen molar-refractivity contribution in [1.29, 1.82) is 0 Å². The monoisotopic (exact) mass is 437 g/mol. The van der Waals surface area contributed by atoms with Crippen LogP contribution < -0.4 is 10.1 Å². The maximum absolute atomic E-state index is 12.9. The molecule has 3 rings (SSSR count). The van der Waals surface area contributed by atoms with Gasteiger partial charge < -0.3 is 10.1 Å². The predicted molar refractivity (Wildman–Crippen MR) is 109 cm³/mol. The number of nitrogens with zero attached hydrogens (tertiary/aromatic N) is 2. The van der Waals surface area contributed by atoms with Gasteiger partial charge in [-0.3, -0.25) is 4.79 Å². The first-order chi connectivity index (χ1) is 13.7. The molecule has 0 spiro atoms. The number of nitrogens with one attached hydrogen (secondary N) is 1. The Bertz CT molecular complexity index is 1060. The lowest BCUT2D eigenvalue weighted by molar-refractivity contribution is 0.0404. The normalized spacial score (nSPS) is 14.0. The van der Waals surface area contributed by atoms with E-state index < -0.39 is 21.8 Å². The van der Waals surface area contributed by atoms with Crippen LogP contribution in [-0.2, 0) is 9.84 Å². The Labute approximate surface area is 173 Å². The van der Waals surface area contributed by atoms with E-state index >= 15 is 0 Å². The molecule has 0 unspecified atom stereocenters. The minimum Gasteiger partial charge on any atom is -0.495 e. The number of rotatable bonds is 4. The van der Waals surface area contributed by atoms with Gasteiger partial charge in [0.05, 0.1) is 17.7 Å². The number of hydrazine groups is 1. The van der Waals surface area contributed by atoms with E-state index in [1.54, 1.807) is 18.2 Å². The average molecular weight is 438 g/mol. The number of urea groups is 1. The van der Waals surface area contributed by atoms with E-state index in [4.69, 9.17) is 16.3 Å². The molecule has 1 saturated heterocycles. The first-order valence-corrected chi connectivity index (χ1v) is 11.0. The molecule has 0 atom stereocenters. The van der Waals surface area contributed by atoms with E-state index in [0.29, 0.717) is 36.0 Å². The van der Waals surface area contributed by atoms with Gasteiger partial charge in [0, 0.05) is 29.9 Å². The number of carbonyl (C=O) groups excluding carboxylic acids is 2. The van der Waals surface area contributed by atoms with E-state index in [2.05, 4.69) is 5.32 Å². The topological polar surface area (TPSA) is 96.0 Å². The third kappa shape index (κ3) is 4.63. The van der Waals surface area contributed by atoms with Gasteiger partial charge >= 0.3 is 6.03 Å². The van der Waals surface area contributed by atoms with Gasteiger partial charge in [-0.1, -0.05) is 17.7 Å². The Hall–Kier alpha value is -2.78. The first kappa shape index (κ1) is 20.9. The van der Waals surface area contributed by atoms with Crippen LogP contribution >= 0.6 is 11.6 Å². The van der Waals surface area contributed by atoms with Gasteiger partial charge in [0.2, 0.25) is 0 Å². The smallest absolute Gasteiger partial charge is 0.340 e. The SMILES string of the molecule is COc1ccc(Cl)cc1NC(=O)N1CCCN1C(=O)c1cccc(S(C)(=O)=O)c1. The highest BCUT2D eigenvalue weighted by Gasteiger charge is 2.32. The lowest BCUT2D eigenvalue weighted by atomic mass is 10.2. The standard InChI is InChI=1S/C19H20ClN3O5S/c1-28-17-8-7-14(20)12-16(17)21-19(25)23-10-4-9-22(23)18(24)13-5-3-6-15(11-13)29(2,26)27/h3,5-8,11-12H,4,9-10H2,1-2H3,(H,21,25). The summed E-state index contributed by atoms with van der Waals surface area (Å²) in [6.45, 7) is 0.675.